The van der Waals surface area contributed by atoms with Crippen molar-refractivity contribution in [1.29, 1.82) is 0 Å². The van der Waals surface area contributed by atoms with Crippen LogP contribution in [0.3, 0.4) is 0 Å². The summed E-state index contributed by atoms with van der Waals surface area (Å²) < 4.78 is 42.3. The minimum atomic E-state index is -3.90. The number of nitrogens with one attached hydrogen (secondary N) is 1. The second-order valence-electron chi connectivity index (χ2n) is 7.08. The molecule has 1 aromatic heterocycles. The minimum absolute atomic E-state index is 0.0107. The number of amides is 2. The van der Waals surface area contributed by atoms with Crippen molar-refractivity contribution in [2.24, 2.45) is 0 Å². The molecule has 1 saturated heterocycles. The van der Waals surface area contributed by atoms with Gasteiger partial charge in [0.1, 0.15) is 11.9 Å². The quantitative estimate of drug-likeness (QED) is 0.565. The van der Waals surface area contributed by atoms with Crippen LogP contribution in [0.5, 0.6) is 0 Å². The van der Waals surface area contributed by atoms with E-state index in [0.29, 0.717) is 15.8 Å². The van der Waals surface area contributed by atoms with Crippen LogP contribution in [0.1, 0.15) is 21.7 Å². The fourth-order valence-corrected chi connectivity index (χ4v) is 5.27. The van der Waals surface area contributed by atoms with Gasteiger partial charge in [-0.2, -0.15) is 4.72 Å². The number of likely N-dealkylation sites (N-methyl/N-ethyl adjacent to an activating group) is 1. The molecular weight excluding hydrogens is 477 g/mol. The highest BCUT2D eigenvalue weighted by Crippen LogP contribution is 2.27. The van der Waals surface area contributed by atoms with Crippen LogP contribution in [0.2, 0.25) is 4.34 Å². The first-order valence-corrected chi connectivity index (χ1v) is 12.3. The van der Waals surface area contributed by atoms with E-state index in [9.17, 15) is 22.4 Å². The first kappa shape index (κ1) is 24.1. The van der Waals surface area contributed by atoms with Crippen LogP contribution in [-0.4, -0.2) is 51.3 Å². The van der Waals surface area contributed by atoms with Gasteiger partial charge in [-0.3, -0.25) is 9.59 Å². The maximum Gasteiger partial charge on any atom is 0.253 e. The number of rotatable bonds is 8. The Bertz CT molecular complexity index is 1180. The third-order valence-electron chi connectivity index (χ3n) is 4.75. The van der Waals surface area contributed by atoms with Crippen molar-refractivity contribution >= 4 is 56.5 Å². The molecule has 1 N–H and O–H groups in total. The maximum atomic E-state index is 14.7. The molecule has 1 aliphatic heterocycles. The van der Waals surface area contributed by atoms with E-state index in [4.69, 9.17) is 11.6 Å². The normalized spacial score (nSPS) is 16.7. The van der Waals surface area contributed by atoms with Crippen molar-refractivity contribution in [2.75, 3.05) is 25.0 Å². The van der Waals surface area contributed by atoms with Crippen LogP contribution in [0.15, 0.2) is 48.4 Å². The first-order chi connectivity index (χ1) is 15.1. The molecule has 1 atom stereocenters. The molecule has 7 nitrogen and oxygen atoms in total. The van der Waals surface area contributed by atoms with Crippen LogP contribution >= 0.6 is 22.9 Å². The third kappa shape index (κ3) is 5.63. The van der Waals surface area contributed by atoms with Gasteiger partial charge < -0.3 is 9.80 Å². The zero-order valence-corrected chi connectivity index (χ0v) is 19.5. The van der Waals surface area contributed by atoms with Gasteiger partial charge in [-0.25, -0.2) is 12.8 Å². The van der Waals surface area contributed by atoms with E-state index in [-0.39, 0.29) is 30.1 Å². The Hall–Kier alpha value is -2.53. The molecule has 32 heavy (non-hydrogen) atoms. The number of anilines is 1. The monoisotopic (exact) mass is 497 g/mol. The second kappa shape index (κ2) is 9.95. The highest BCUT2D eigenvalue weighted by atomic mass is 35.5. The van der Waals surface area contributed by atoms with Crippen molar-refractivity contribution in [3.05, 3.63) is 69.0 Å². The molecule has 1 aromatic carbocycles. The van der Waals surface area contributed by atoms with Gasteiger partial charge in [0.2, 0.25) is 15.9 Å². The Labute approximate surface area is 194 Å². The molecule has 2 aromatic rings. The lowest BCUT2D eigenvalue weighted by Gasteiger charge is -2.19. The average molecular weight is 498 g/mol. The molecule has 0 saturated carbocycles. The Balaban J connectivity index is 1.70. The maximum absolute atomic E-state index is 14.7. The van der Waals surface area contributed by atoms with E-state index >= 15 is 0 Å². The summed E-state index contributed by atoms with van der Waals surface area (Å²) in [5.41, 5.74) is 0.127. The molecule has 0 radical (unpaired) electrons. The van der Waals surface area contributed by atoms with Crippen molar-refractivity contribution in [2.45, 2.75) is 12.5 Å². The van der Waals surface area contributed by atoms with E-state index in [1.54, 1.807) is 25.3 Å². The summed E-state index contributed by atoms with van der Waals surface area (Å²) in [6.07, 6.45) is 3.12. The van der Waals surface area contributed by atoms with Crippen LogP contribution < -0.4 is 9.62 Å². The molecule has 2 heterocycles. The number of thiophene rings is 1. The van der Waals surface area contributed by atoms with Crippen LogP contribution in [0.25, 0.3) is 6.08 Å². The molecule has 0 aliphatic carbocycles. The molecule has 0 spiro atoms. The molecule has 11 heteroatoms. The van der Waals surface area contributed by atoms with Crippen LogP contribution in [0, 0.1) is 5.82 Å². The highest BCUT2D eigenvalue weighted by molar-refractivity contribution is 7.92. The smallest absolute Gasteiger partial charge is 0.253 e. The molecule has 1 aliphatic rings. The summed E-state index contributed by atoms with van der Waals surface area (Å²) in [7, 11) is -2.33. The van der Waals surface area contributed by atoms with Crippen LogP contribution in [0.4, 0.5) is 10.1 Å². The van der Waals surface area contributed by atoms with Gasteiger partial charge >= 0.3 is 0 Å². The topological polar surface area (TPSA) is 86.8 Å². The lowest BCUT2D eigenvalue weighted by atomic mass is 10.1. The number of carbonyl (C=O) groups is 2. The molecular formula is C21H21ClFN3O4S2. The minimum Gasteiger partial charge on any atom is -0.338 e. The molecule has 1 unspecified atom stereocenters. The van der Waals surface area contributed by atoms with Crippen molar-refractivity contribution in [3.8, 4) is 0 Å². The van der Waals surface area contributed by atoms with E-state index in [1.165, 1.54) is 39.3 Å². The van der Waals surface area contributed by atoms with Crippen molar-refractivity contribution in [1.82, 2.24) is 9.62 Å². The zero-order valence-electron chi connectivity index (χ0n) is 17.1. The Morgan fingerprint density at radius 1 is 1.41 bits per heavy atom. The fourth-order valence-electron chi connectivity index (χ4n) is 3.20. The summed E-state index contributed by atoms with van der Waals surface area (Å²) in [5.74, 6) is -1.69. The lowest BCUT2D eigenvalue weighted by Crippen LogP contribution is -2.41. The van der Waals surface area contributed by atoms with E-state index < -0.39 is 27.8 Å². The number of hydrogen-bond donors (Lipinski definition) is 1. The molecule has 1 fully saturated rings. The number of benzene rings is 1. The first-order valence-electron chi connectivity index (χ1n) is 9.54. The number of halogens is 2. The number of carbonyl (C=O) groups excluding carboxylic acids is 2. The summed E-state index contributed by atoms with van der Waals surface area (Å²) in [6.45, 7) is 4.00. The summed E-state index contributed by atoms with van der Waals surface area (Å²) in [6, 6.07) is 6.15. The Kier molecular flexibility index (Phi) is 7.50. The van der Waals surface area contributed by atoms with Gasteiger partial charge in [-0.05, 0) is 42.8 Å². The molecule has 3 rings (SSSR count). The third-order valence-corrected chi connectivity index (χ3v) is 7.06. The fraction of sp³-hybridized carbons (Fsp3) is 0.238. The van der Waals surface area contributed by atoms with E-state index in [1.807, 2.05) is 0 Å². The van der Waals surface area contributed by atoms with Gasteiger partial charge in [0.05, 0.1) is 10.0 Å². The van der Waals surface area contributed by atoms with Crippen LogP contribution in [-0.2, 0) is 14.8 Å². The predicted octanol–water partition coefficient (Wildman–Crippen LogP) is 3.49. The van der Waals surface area contributed by atoms with Gasteiger partial charge in [-0.15, -0.1) is 17.9 Å². The van der Waals surface area contributed by atoms with Gasteiger partial charge in [0.15, 0.2) is 0 Å². The van der Waals surface area contributed by atoms with E-state index in [2.05, 4.69) is 11.3 Å². The van der Waals surface area contributed by atoms with Gasteiger partial charge in [0.25, 0.3) is 5.91 Å². The second-order valence-corrected chi connectivity index (χ2v) is 10.4. The lowest BCUT2D eigenvalue weighted by molar-refractivity contribution is -0.118. The van der Waals surface area contributed by atoms with Gasteiger partial charge in [0, 0.05) is 36.0 Å². The predicted molar refractivity (Wildman–Crippen MR) is 125 cm³/mol. The Morgan fingerprint density at radius 3 is 2.78 bits per heavy atom. The van der Waals surface area contributed by atoms with Crippen molar-refractivity contribution in [3.63, 3.8) is 0 Å². The summed E-state index contributed by atoms with van der Waals surface area (Å²) >= 11 is 7.04. The highest BCUT2D eigenvalue weighted by Gasteiger charge is 2.36. The molecule has 0 bridgehead atoms. The molecule has 2 amide bonds. The number of hydrogen-bond acceptors (Lipinski definition) is 5. The largest absolute Gasteiger partial charge is 0.338 e. The SMILES string of the molecule is C=CCN(C)C(=O)c1ccc(N2CCC(NS(=O)(=O)/C=C/c3ccc(Cl)s3)C2=O)c(F)c1. The van der Waals surface area contributed by atoms with Gasteiger partial charge in [-0.1, -0.05) is 17.7 Å². The van der Waals surface area contributed by atoms with Crippen molar-refractivity contribution < 1.29 is 22.4 Å². The standard InChI is InChI=1S/C21H21ClFN3O4S2/c1-3-10-25(2)20(27)14-4-6-18(16(23)13-14)26-11-8-17(21(26)28)24-32(29,30)12-9-15-5-7-19(22)31-15/h3-7,9,12-13,17,24H,1,8,10-11H2,2H3/b12-9+. The summed E-state index contributed by atoms with van der Waals surface area (Å²) in [5, 5.41) is 0.964. The number of nitrogens with zero attached hydrogens (tertiary/aromatic N) is 2. The molecule has 170 valence electrons. The summed E-state index contributed by atoms with van der Waals surface area (Å²) in [4.78, 5) is 28.2. The number of sulfonamides is 1. The average Bonchev–Trinajstić information content (AvgIpc) is 3.31. The zero-order chi connectivity index (χ0) is 23.5. The van der Waals surface area contributed by atoms with E-state index in [0.717, 1.165) is 11.5 Å². The Morgan fingerprint density at radius 2 is 2.16 bits per heavy atom.